The molecule has 0 aliphatic heterocycles. The highest BCUT2D eigenvalue weighted by atomic mass is 15.1. The van der Waals surface area contributed by atoms with Gasteiger partial charge in [-0.25, -0.2) is 0 Å². The van der Waals surface area contributed by atoms with Crippen LogP contribution in [0.5, 0.6) is 0 Å². The maximum Gasteiger partial charge on any atom is 0.00386 e. The Hall–Kier alpha value is -0.0800. The summed E-state index contributed by atoms with van der Waals surface area (Å²) in [6.45, 7) is 14.8. The predicted octanol–water partition coefficient (Wildman–Crippen LogP) is 2.89. The number of nitrogens with one attached hydrogen (secondary N) is 1. The van der Waals surface area contributed by atoms with E-state index in [1.54, 1.807) is 0 Å². The second-order valence-corrected chi connectivity index (χ2v) is 4.68. The first-order valence-corrected chi connectivity index (χ1v) is 6.59. The van der Waals surface area contributed by atoms with Gasteiger partial charge in [-0.2, -0.15) is 0 Å². The van der Waals surface area contributed by atoms with Crippen molar-refractivity contribution in [2.24, 2.45) is 0 Å². The Morgan fingerprint density at radius 3 is 2.20 bits per heavy atom. The maximum atomic E-state index is 3.46. The van der Waals surface area contributed by atoms with E-state index in [0.717, 1.165) is 6.54 Å². The first-order chi connectivity index (χ1) is 7.11. The molecule has 92 valence electrons. The van der Waals surface area contributed by atoms with E-state index >= 15 is 0 Å². The molecule has 0 aromatic carbocycles. The highest BCUT2D eigenvalue weighted by molar-refractivity contribution is 4.63. The van der Waals surface area contributed by atoms with Gasteiger partial charge in [0.05, 0.1) is 0 Å². The van der Waals surface area contributed by atoms with Crippen LogP contribution in [-0.2, 0) is 0 Å². The van der Waals surface area contributed by atoms with Crippen LogP contribution < -0.4 is 5.32 Å². The fraction of sp³-hybridized carbons (Fsp3) is 1.00. The molecule has 0 amide bonds. The molecule has 0 radical (unpaired) electrons. The Morgan fingerprint density at radius 2 is 1.73 bits per heavy atom. The van der Waals surface area contributed by atoms with Crippen LogP contribution in [0.3, 0.4) is 0 Å². The maximum absolute atomic E-state index is 3.46. The van der Waals surface area contributed by atoms with Gasteiger partial charge in [0.2, 0.25) is 0 Å². The SMILES string of the molecule is CCNC(C)CCCCN(CC)C(C)C. The molecule has 15 heavy (non-hydrogen) atoms. The van der Waals surface area contributed by atoms with Crippen molar-refractivity contribution in [2.45, 2.75) is 66.0 Å². The number of rotatable bonds is 9. The average Bonchev–Trinajstić information content (AvgIpc) is 2.17. The van der Waals surface area contributed by atoms with Crippen LogP contribution >= 0.6 is 0 Å². The molecule has 0 bridgehead atoms. The van der Waals surface area contributed by atoms with Crippen molar-refractivity contribution in [2.75, 3.05) is 19.6 Å². The second kappa shape index (κ2) is 9.17. The summed E-state index contributed by atoms with van der Waals surface area (Å²) in [4.78, 5) is 2.54. The van der Waals surface area contributed by atoms with Crippen LogP contribution in [0.25, 0.3) is 0 Å². The van der Waals surface area contributed by atoms with Crippen LogP contribution in [0.2, 0.25) is 0 Å². The summed E-state index contributed by atoms with van der Waals surface area (Å²) in [5.74, 6) is 0. The summed E-state index contributed by atoms with van der Waals surface area (Å²) >= 11 is 0. The fourth-order valence-electron chi connectivity index (χ4n) is 2.00. The van der Waals surface area contributed by atoms with E-state index in [2.05, 4.69) is 44.8 Å². The molecule has 0 aliphatic rings. The van der Waals surface area contributed by atoms with Gasteiger partial charge in [0.1, 0.15) is 0 Å². The number of nitrogens with zero attached hydrogens (tertiary/aromatic N) is 1. The molecule has 0 aromatic heterocycles. The molecule has 0 fully saturated rings. The second-order valence-electron chi connectivity index (χ2n) is 4.68. The molecule has 2 heteroatoms. The molecule has 2 nitrogen and oxygen atoms in total. The van der Waals surface area contributed by atoms with Crippen molar-refractivity contribution < 1.29 is 0 Å². The third-order valence-corrected chi connectivity index (χ3v) is 3.02. The number of hydrogen-bond donors (Lipinski definition) is 1. The van der Waals surface area contributed by atoms with E-state index in [9.17, 15) is 0 Å². The van der Waals surface area contributed by atoms with Crippen LogP contribution in [0.4, 0.5) is 0 Å². The average molecular weight is 214 g/mol. The summed E-state index contributed by atoms with van der Waals surface area (Å²) in [7, 11) is 0. The molecule has 0 rings (SSSR count). The normalized spacial score (nSPS) is 13.8. The largest absolute Gasteiger partial charge is 0.315 e. The molecular formula is C13H30N2. The van der Waals surface area contributed by atoms with Crippen molar-refractivity contribution in [1.82, 2.24) is 10.2 Å². The molecule has 1 atom stereocenters. The molecule has 0 saturated heterocycles. The van der Waals surface area contributed by atoms with Gasteiger partial charge in [-0.3, -0.25) is 0 Å². The summed E-state index contributed by atoms with van der Waals surface area (Å²) in [5.41, 5.74) is 0. The minimum absolute atomic E-state index is 0.684. The zero-order valence-corrected chi connectivity index (χ0v) is 11.3. The van der Waals surface area contributed by atoms with Gasteiger partial charge in [0.15, 0.2) is 0 Å². The monoisotopic (exact) mass is 214 g/mol. The van der Waals surface area contributed by atoms with Gasteiger partial charge in [-0.15, -0.1) is 0 Å². The molecule has 0 saturated carbocycles. The zero-order chi connectivity index (χ0) is 11.7. The van der Waals surface area contributed by atoms with Gasteiger partial charge < -0.3 is 10.2 Å². The van der Waals surface area contributed by atoms with E-state index in [1.165, 1.54) is 32.4 Å². The Bertz CT molecular complexity index is 134. The van der Waals surface area contributed by atoms with Crippen molar-refractivity contribution in [1.29, 1.82) is 0 Å². The van der Waals surface area contributed by atoms with Crippen LogP contribution in [0.15, 0.2) is 0 Å². The van der Waals surface area contributed by atoms with Crippen molar-refractivity contribution >= 4 is 0 Å². The Morgan fingerprint density at radius 1 is 1.07 bits per heavy atom. The Kier molecular flexibility index (Phi) is 9.12. The van der Waals surface area contributed by atoms with E-state index in [-0.39, 0.29) is 0 Å². The van der Waals surface area contributed by atoms with Gasteiger partial charge in [-0.1, -0.05) is 20.3 Å². The molecular weight excluding hydrogens is 184 g/mol. The van der Waals surface area contributed by atoms with Gasteiger partial charge in [-0.05, 0) is 53.2 Å². The lowest BCUT2D eigenvalue weighted by Crippen LogP contribution is -2.32. The summed E-state index contributed by atoms with van der Waals surface area (Å²) < 4.78 is 0. The van der Waals surface area contributed by atoms with Crippen LogP contribution in [-0.4, -0.2) is 36.6 Å². The number of unbranched alkanes of at least 4 members (excludes halogenated alkanes) is 1. The highest BCUT2D eigenvalue weighted by Crippen LogP contribution is 2.04. The van der Waals surface area contributed by atoms with E-state index in [4.69, 9.17) is 0 Å². The van der Waals surface area contributed by atoms with Crippen LogP contribution in [0.1, 0.15) is 53.9 Å². The summed E-state index contributed by atoms with van der Waals surface area (Å²) in [6.07, 6.45) is 3.99. The van der Waals surface area contributed by atoms with Crippen LogP contribution in [0, 0.1) is 0 Å². The van der Waals surface area contributed by atoms with E-state index < -0.39 is 0 Å². The quantitative estimate of drug-likeness (QED) is 0.594. The molecule has 0 heterocycles. The smallest absolute Gasteiger partial charge is 0.00386 e. The summed E-state index contributed by atoms with van der Waals surface area (Å²) in [5, 5.41) is 3.46. The first kappa shape index (κ1) is 14.9. The highest BCUT2D eigenvalue weighted by Gasteiger charge is 2.06. The lowest BCUT2D eigenvalue weighted by Gasteiger charge is -2.24. The standard InChI is InChI=1S/C13H30N2/c1-6-14-13(5)10-8-9-11-15(7-2)12(3)4/h12-14H,6-11H2,1-5H3. The fourth-order valence-corrected chi connectivity index (χ4v) is 2.00. The lowest BCUT2D eigenvalue weighted by atomic mass is 10.1. The van der Waals surface area contributed by atoms with Crippen molar-refractivity contribution in [3.8, 4) is 0 Å². The summed E-state index contributed by atoms with van der Waals surface area (Å²) in [6, 6.07) is 1.38. The lowest BCUT2D eigenvalue weighted by molar-refractivity contribution is 0.227. The topological polar surface area (TPSA) is 15.3 Å². The third kappa shape index (κ3) is 7.80. The predicted molar refractivity (Wildman–Crippen MR) is 69.4 cm³/mol. The Balaban J connectivity index is 3.44. The van der Waals surface area contributed by atoms with Crippen molar-refractivity contribution in [3.63, 3.8) is 0 Å². The van der Waals surface area contributed by atoms with Gasteiger partial charge in [0, 0.05) is 12.1 Å². The van der Waals surface area contributed by atoms with E-state index in [0.29, 0.717) is 12.1 Å². The van der Waals surface area contributed by atoms with Gasteiger partial charge >= 0.3 is 0 Å². The molecule has 1 unspecified atom stereocenters. The minimum atomic E-state index is 0.684. The first-order valence-electron chi connectivity index (χ1n) is 6.59. The van der Waals surface area contributed by atoms with E-state index in [1.807, 2.05) is 0 Å². The van der Waals surface area contributed by atoms with Gasteiger partial charge in [0.25, 0.3) is 0 Å². The molecule has 0 aromatic rings. The molecule has 0 aliphatic carbocycles. The minimum Gasteiger partial charge on any atom is -0.315 e. The Labute approximate surface area is 96.4 Å². The third-order valence-electron chi connectivity index (χ3n) is 3.02. The number of hydrogen-bond acceptors (Lipinski definition) is 2. The zero-order valence-electron chi connectivity index (χ0n) is 11.3. The molecule has 0 spiro atoms. The molecule has 1 N–H and O–H groups in total. The van der Waals surface area contributed by atoms with Crippen molar-refractivity contribution in [3.05, 3.63) is 0 Å².